The third-order valence-corrected chi connectivity index (χ3v) is 16.7. The van der Waals surface area contributed by atoms with Gasteiger partial charge in [-0.15, -0.1) is 0 Å². The van der Waals surface area contributed by atoms with Gasteiger partial charge in [-0.3, -0.25) is 0 Å². The Balaban J connectivity index is 1.94. The number of benzene rings is 1. The molecule has 0 atom stereocenters. The summed E-state index contributed by atoms with van der Waals surface area (Å²) in [6.07, 6.45) is 0. The molecule has 0 radical (unpaired) electrons. The van der Waals surface area contributed by atoms with Crippen LogP contribution in [0.1, 0.15) is 102 Å². The number of hydrogen-bond donors (Lipinski definition) is 0. The maximum atomic E-state index is 2.56. The Morgan fingerprint density at radius 2 is 0.816 bits per heavy atom. The summed E-state index contributed by atoms with van der Waals surface area (Å²) in [6.45, 7) is 28.4. The zero-order valence-corrected chi connectivity index (χ0v) is 30.2. The second-order valence-electron chi connectivity index (χ2n) is 14.8. The van der Waals surface area contributed by atoms with E-state index in [1.165, 1.54) is 41.1 Å². The van der Waals surface area contributed by atoms with Crippen LogP contribution in [0.5, 0.6) is 0 Å². The molecule has 0 aliphatic carbocycles. The number of fused-ring (bicyclic) bond motifs is 2. The summed E-state index contributed by atoms with van der Waals surface area (Å²) in [6, 6.07) is 14.9. The summed E-state index contributed by atoms with van der Waals surface area (Å²) in [7, 11) is 0. The van der Waals surface area contributed by atoms with Crippen LogP contribution in [0.15, 0.2) is 36.4 Å². The second kappa shape index (κ2) is 9.33. The van der Waals surface area contributed by atoms with E-state index in [0.29, 0.717) is 29.0 Å². The van der Waals surface area contributed by atoms with Crippen molar-refractivity contribution in [2.75, 3.05) is 0 Å². The third kappa shape index (κ3) is 5.15. The van der Waals surface area contributed by atoms with E-state index in [4.69, 9.17) is 0 Å². The van der Waals surface area contributed by atoms with Gasteiger partial charge in [-0.1, -0.05) is 0 Å². The van der Waals surface area contributed by atoms with Crippen molar-refractivity contribution in [3.05, 3.63) is 55.0 Å². The summed E-state index contributed by atoms with van der Waals surface area (Å²) < 4.78 is 9.34. The van der Waals surface area contributed by atoms with E-state index >= 15 is 0 Å². The average molecular weight is 673 g/mol. The van der Waals surface area contributed by atoms with Crippen LogP contribution in [0.4, 0.5) is 0 Å². The predicted octanol–water partition coefficient (Wildman–Crippen LogP) is 10.8. The number of rotatable bonds is 2. The van der Waals surface area contributed by atoms with Gasteiger partial charge >= 0.3 is 252 Å². The summed E-state index contributed by atoms with van der Waals surface area (Å²) in [5.41, 5.74) is 3.76. The molecule has 202 valence electrons. The molecule has 0 bridgehead atoms. The molecule has 4 heteroatoms. The van der Waals surface area contributed by atoms with Crippen molar-refractivity contribution < 1.29 is 0 Å². The van der Waals surface area contributed by atoms with Crippen LogP contribution in [0.2, 0.25) is 0 Å². The molecule has 38 heavy (non-hydrogen) atoms. The molecule has 0 N–H and O–H groups in total. The summed E-state index contributed by atoms with van der Waals surface area (Å²) >= 11 is 4.81. The molecule has 0 aliphatic rings. The zero-order chi connectivity index (χ0) is 28.0. The van der Waals surface area contributed by atoms with Gasteiger partial charge in [0.05, 0.1) is 0 Å². The van der Waals surface area contributed by atoms with E-state index in [2.05, 4.69) is 142 Å². The van der Waals surface area contributed by atoms with Crippen LogP contribution in [-0.4, -0.2) is 29.0 Å². The molecule has 0 saturated carbocycles. The molecule has 1 aromatic carbocycles. The van der Waals surface area contributed by atoms with E-state index in [1.807, 2.05) is 0 Å². The predicted molar refractivity (Wildman–Crippen MR) is 177 cm³/mol. The SMILES string of the molecule is CC(C)(C)c1cc2c(-c3ccc(C(C)(C)C)[se]3)c3sc(C(C)(C)C)cc3c(-c3ccc(C(C)(C)C)[se]3)c2s1. The van der Waals surface area contributed by atoms with Gasteiger partial charge in [0.2, 0.25) is 0 Å². The molecular weight excluding hydrogens is 630 g/mol. The van der Waals surface area contributed by atoms with Crippen LogP contribution in [0.3, 0.4) is 0 Å². The minimum absolute atomic E-state index is 0.135. The van der Waals surface area contributed by atoms with Crippen molar-refractivity contribution >= 4 is 71.9 Å². The molecule has 0 spiro atoms. The molecule has 0 fully saturated rings. The van der Waals surface area contributed by atoms with Gasteiger partial charge in [0.15, 0.2) is 0 Å². The molecular formula is C34H42S2Se2. The minimum atomic E-state index is 0.135. The van der Waals surface area contributed by atoms with Crippen molar-refractivity contribution in [3.63, 3.8) is 0 Å². The number of hydrogen-bond acceptors (Lipinski definition) is 2. The van der Waals surface area contributed by atoms with Crippen molar-refractivity contribution in [1.82, 2.24) is 0 Å². The first-order chi connectivity index (χ1) is 17.4. The Hall–Kier alpha value is -0.861. The fourth-order valence-corrected chi connectivity index (χ4v) is 12.4. The molecule has 0 aliphatic heterocycles. The molecule has 5 rings (SSSR count). The summed E-state index contributed by atoms with van der Waals surface area (Å²) in [4.78, 5) is 2.99. The first-order valence-corrected chi connectivity index (χ1v) is 18.7. The Morgan fingerprint density at radius 3 is 1.08 bits per heavy atom. The van der Waals surface area contributed by atoms with Crippen LogP contribution >= 0.6 is 22.7 Å². The fraction of sp³-hybridized carbons (Fsp3) is 0.471. The van der Waals surface area contributed by atoms with Gasteiger partial charge in [0.1, 0.15) is 0 Å². The number of thiophene rings is 2. The molecule has 0 saturated heterocycles. The van der Waals surface area contributed by atoms with Gasteiger partial charge < -0.3 is 0 Å². The van der Waals surface area contributed by atoms with Gasteiger partial charge in [0, 0.05) is 0 Å². The van der Waals surface area contributed by atoms with Gasteiger partial charge in [-0.05, 0) is 0 Å². The third-order valence-electron chi connectivity index (χ3n) is 7.12. The molecule has 4 heterocycles. The van der Waals surface area contributed by atoms with Crippen molar-refractivity contribution in [2.24, 2.45) is 0 Å². The average Bonchev–Trinajstić information content (AvgIpc) is 3.54. The Morgan fingerprint density at radius 1 is 0.474 bits per heavy atom. The van der Waals surface area contributed by atoms with Crippen LogP contribution in [-0.2, 0) is 21.7 Å². The van der Waals surface area contributed by atoms with Crippen molar-refractivity contribution in [2.45, 2.75) is 105 Å². The van der Waals surface area contributed by atoms with Gasteiger partial charge in [-0.25, -0.2) is 0 Å². The van der Waals surface area contributed by atoms with Crippen molar-refractivity contribution in [3.8, 4) is 20.0 Å². The van der Waals surface area contributed by atoms with E-state index in [9.17, 15) is 0 Å². The first kappa shape index (κ1) is 28.7. The summed E-state index contributed by atoms with van der Waals surface area (Å²) in [5, 5.41) is 2.98. The topological polar surface area (TPSA) is 0 Å². The molecule has 0 amide bonds. The van der Waals surface area contributed by atoms with E-state index in [-0.39, 0.29) is 21.7 Å². The van der Waals surface area contributed by atoms with Gasteiger partial charge in [0.25, 0.3) is 0 Å². The first-order valence-electron chi connectivity index (χ1n) is 13.6. The summed E-state index contributed by atoms with van der Waals surface area (Å²) in [5.74, 6) is 0. The van der Waals surface area contributed by atoms with Gasteiger partial charge in [-0.2, -0.15) is 0 Å². The molecule has 5 aromatic rings. The quantitative estimate of drug-likeness (QED) is 0.164. The molecule has 0 unspecified atom stereocenters. The maximum absolute atomic E-state index is 2.56. The normalized spacial score (nSPS) is 13.8. The van der Waals surface area contributed by atoms with E-state index < -0.39 is 0 Å². The fourth-order valence-electron chi connectivity index (χ4n) is 4.75. The van der Waals surface area contributed by atoms with Crippen LogP contribution in [0.25, 0.3) is 40.2 Å². The van der Waals surface area contributed by atoms with E-state index in [0.717, 1.165) is 0 Å². The Kier molecular flexibility index (Phi) is 7.04. The zero-order valence-electron chi connectivity index (χ0n) is 25.1. The Labute approximate surface area is 250 Å². The monoisotopic (exact) mass is 674 g/mol. The second-order valence-corrected chi connectivity index (χ2v) is 21.4. The standard InChI is InChI=1S/C34H42S2Se2/c1-31(2,3)23-17-19-27(21-13-15-25(37-21)33(7,8)9)30-20(18-24(36-30)32(4,5)6)28(29(19)35-23)22-14-16-26(38-22)34(10,11)12/h13-18H,1-12H3. The van der Waals surface area contributed by atoms with Crippen molar-refractivity contribution in [1.29, 1.82) is 0 Å². The van der Waals surface area contributed by atoms with E-state index in [1.54, 1.807) is 17.7 Å². The molecule has 4 aromatic heterocycles. The Bertz CT molecular complexity index is 1460. The van der Waals surface area contributed by atoms with Crippen LogP contribution in [0, 0.1) is 0 Å². The van der Waals surface area contributed by atoms with Crippen LogP contribution < -0.4 is 0 Å². The molecule has 0 nitrogen and oxygen atoms in total.